The molecular formula is C31H30N8O2. The van der Waals surface area contributed by atoms with Gasteiger partial charge in [0, 0.05) is 61.9 Å². The van der Waals surface area contributed by atoms with Gasteiger partial charge in [0.05, 0.1) is 11.2 Å². The minimum absolute atomic E-state index is 0.00157. The summed E-state index contributed by atoms with van der Waals surface area (Å²) < 4.78 is 1.80. The van der Waals surface area contributed by atoms with Crippen molar-refractivity contribution in [2.24, 2.45) is 0 Å². The number of pyridine rings is 1. The Labute approximate surface area is 237 Å². The smallest absolute Gasteiger partial charge is 0.242 e. The summed E-state index contributed by atoms with van der Waals surface area (Å²) in [5.41, 5.74) is 6.34. The number of carbonyl (C=O) groups is 2. The van der Waals surface area contributed by atoms with Gasteiger partial charge in [-0.25, -0.2) is 0 Å². The largest absolute Gasteiger partial charge is 0.339 e. The average Bonchev–Trinajstić information content (AvgIpc) is 3.40. The number of hydrogen-bond acceptors (Lipinski definition) is 7. The normalized spacial score (nSPS) is 16.0. The van der Waals surface area contributed by atoms with Crippen molar-refractivity contribution < 1.29 is 9.59 Å². The van der Waals surface area contributed by atoms with Crippen LogP contribution in [0.1, 0.15) is 23.4 Å². The molecule has 0 unspecified atom stereocenters. The van der Waals surface area contributed by atoms with E-state index in [0.717, 1.165) is 57.9 Å². The number of piperazine rings is 1. The van der Waals surface area contributed by atoms with Crippen LogP contribution in [0.25, 0.3) is 27.8 Å². The number of rotatable bonds is 5. The topological polar surface area (TPSA) is 99.8 Å². The molecule has 2 aliphatic heterocycles. The fourth-order valence-corrected chi connectivity index (χ4v) is 5.70. The Morgan fingerprint density at radius 3 is 2.68 bits per heavy atom. The van der Waals surface area contributed by atoms with Crippen LogP contribution < -0.4 is 4.90 Å². The summed E-state index contributed by atoms with van der Waals surface area (Å²) in [7, 11) is 2.06. The first-order chi connectivity index (χ1) is 20.0. The van der Waals surface area contributed by atoms with Gasteiger partial charge in [-0.1, -0.05) is 18.2 Å². The van der Waals surface area contributed by atoms with Crippen molar-refractivity contribution >= 4 is 34.1 Å². The van der Waals surface area contributed by atoms with Crippen molar-refractivity contribution in [3.63, 3.8) is 0 Å². The quantitative estimate of drug-likeness (QED) is 0.334. The van der Waals surface area contributed by atoms with E-state index in [-0.39, 0.29) is 18.4 Å². The third-order valence-electron chi connectivity index (χ3n) is 8.08. The number of aryl methyl sites for hydroxylation is 1. The lowest BCUT2D eigenvalue weighted by atomic mass is 9.97. The summed E-state index contributed by atoms with van der Waals surface area (Å²) in [6, 6.07) is 20.1. The number of likely N-dealkylation sites (N-methyl/N-ethyl adjacent to an activating group) is 1. The molecule has 10 heteroatoms. The Kier molecular flexibility index (Phi) is 6.39. The molecule has 5 aromatic rings. The summed E-state index contributed by atoms with van der Waals surface area (Å²) in [4.78, 5) is 36.0. The van der Waals surface area contributed by atoms with Gasteiger partial charge < -0.3 is 14.7 Å². The van der Waals surface area contributed by atoms with Crippen molar-refractivity contribution in [2.75, 3.05) is 44.7 Å². The van der Waals surface area contributed by atoms with E-state index in [9.17, 15) is 9.59 Å². The molecule has 10 nitrogen and oxygen atoms in total. The Balaban J connectivity index is 1.14. The van der Waals surface area contributed by atoms with Crippen LogP contribution in [0.5, 0.6) is 0 Å². The molecule has 3 aromatic heterocycles. The molecule has 0 N–H and O–H groups in total. The van der Waals surface area contributed by atoms with Crippen molar-refractivity contribution in [1.82, 2.24) is 34.6 Å². The summed E-state index contributed by atoms with van der Waals surface area (Å²) in [5, 5.41) is 14.7. The number of hydrogen-bond donors (Lipinski definition) is 0. The first-order valence-electron chi connectivity index (χ1n) is 14.0. The number of aromatic nitrogens is 5. The van der Waals surface area contributed by atoms with Gasteiger partial charge >= 0.3 is 0 Å². The Morgan fingerprint density at radius 2 is 1.80 bits per heavy atom. The summed E-state index contributed by atoms with van der Waals surface area (Å²) in [6.07, 6.45) is 3.41. The van der Waals surface area contributed by atoms with Crippen LogP contribution in [-0.4, -0.2) is 86.2 Å². The maximum Gasteiger partial charge on any atom is 0.242 e. The van der Waals surface area contributed by atoms with E-state index in [2.05, 4.69) is 51.4 Å². The highest BCUT2D eigenvalue weighted by Gasteiger charge is 2.29. The highest BCUT2D eigenvalue weighted by molar-refractivity contribution is 6.01. The summed E-state index contributed by atoms with van der Waals surface area (Å²) >= 11 is 0. The van der Waals surface area contributed by atoms with Crippen LogP contribution >= 0.6 is 0 Å². The molecule has 2 amide bonds. The number of nitrogens with zero attached hydrogens (tertiary/aromatic N) is 8. The number of fused-ring (bicyclic) bond motifs is 3. The van der Waals surface area contributed by atoms with Crippen LogP contribution in [0.2, 0.25) is 0 Å². The molecule has 5 heterocycles. The van der Waals surface area contributed by atoms with Gasteiger partial charge in [0.2, 0.25) is 11.8 Å². The van der Waals surface area contributed by atoms with Crippen LogP contribution in [-0.2, 0) is 22.4 Å². The first-order valence-corrected chi connectivity index (χ1v) is 14.0. The maximum atomic E-state index is 13.0. The average molecular weight is 547 g/mol. The van der Waals surface area contributed by atoms with Crippen molar-refractivity contribution in [3.8, 4) is 11.3 Å². The molecule has 1 fully saturated rings. The lowest BCUT2D eigenvalue weighted by Crippen LogP contribution is -2.51. The van der Waals surface area contributed by atoms with Gasteiger partial charge in [-0.15, -0.1) is 10.2 Å². The maximum absolute atomic E-state index is 13.0. The molecule has 0 spiro atoms. The van der Waals surface area contributed by atoms with Crippen LogP contribution in [0.4, 0.5) is 5.69 Å². The highest BCUT2D eigenvalue weighted by Crippen LogP contribution is 2.32. The zero-order valence-electron chi connectivity index (χ0n) is 22.9. The molecule has 0 bridgehead atoms. The van der Waals surface area contributed by atoms with E-state index in [1.165, 1.54) is 0 Å². The molecule has 2 aliphatic rings. The van der Waals surface area contributed by atoms with Gasteiger partial charge in [0.25, 0.3) is 0 Å². The molecule has 0 aliphatic carbocycles. The van der Waals surface area contributed by atoms with E-state index >= 15 is 0 Å². The fraction of sp³-hybridized carbons (Fsp3) is 0.290. The molecule has 2 aromatic carbocycles. The molecule has 7 rings (SSSR count). The van der Waals surface area contributed by atoms with Crippen molar-refractivity contribution in [2.45, 2.75) is 19.3 Å². The van der Waals surface area contributed by atoms with Crippen LogP contribution in [0.15, 0.2) is 66.9 Å². The standard InChI is InChI=1S/C31H30N8O2/c1-36-13-15-37(16-14-36)31(41)20-38-27-9-5-23(19-24(27)6-11-30(38)40)26-8-10-28-33-34-29(39(28)35-26)18-21-4-7-25-22(17-21)3-2-12-32-25/h2-5,7-10,12,17,19H,6,11,13-16,18,20H2,1H3. The van der Waals surface area contributed by atoms with Crippen LogP contribution in [0, 0.1) is 0 Å². The van der Waals surface area contributed by atoms with Gasteiger partial charge in [-0.2, -0.15) is 9.61 Å². The SMILES string of the molecule is CN1CCN(C(=O)CN2C(=O)CCc3cc(-c4ccc5nnc(Cc6ccc7ncccc7c6)n5n4)ccc32)CC1. The van der Waals surface area contributed by atoms with Crippen molar-refractivity contribution in [3.05, 3.63) is 83.8 Å². The van der Waals surface area contributed by atoms with Gasteiger partial charge in [-0.05, 0) is 67.1 Å². The predicted octanol–water partition coefficient (Wildman–Crippen LogP) is 2.98. The summed E-state index contributed by atoms with van der Waals surface area (Å²) in [5.74, 6) is 0.742. The third-order valence-corrected chi connectivity index (χ3v) is 8.08. The monoisotopic (exact) mass is 546 g/mol. The van der Waals surface area contributed by atoms with E-state index < -0.39 is 0 Å². The molecule has 0 atom stereocenters. The molecule has 0 radical (unpaired) electrons. The van der Waals surface area contributed by atoms with Gasteiger partial charge in [0.15, 0.2) is 11.5 Å². The second-order valence-corrected chi connectivity index (χ2v) is 10.8. The van der Waals surface area contributed by atoms with Crippen LogP contribution in [0.3, 0.4) is 0 Å². The minimum atomic E-state index is -0.00845. The second-order valence-electron chi connectivity index (χ2n) is 10.8. The lowest BCUT2D eigenvalue weighted by Gasteiger charge is -2.35. The number of anilines is 1. The summed E-state index contributed by atoms with van der Waals surface area (Å²) in [6.45, 7) is 3.17. The van der Waals surface area contributed by atoms with E-state index in [1.54, 1.807) is 15.6 Å². The number of carbonyl (C=O) groups excluding carboxylic acids is 2. The van der Waals surface area contributed by atoms with E-state index in [0.29, 0.717) is 38.0 Å². The highest BCUT2D eigenvalue weighted by atomic mass is 16.2. The number of benzene rings is 2. The Bertz CT molecular complexity index is 1790. The van der Waals surface area contributed by atoms with E-state index in [1.807, 2.05) is 41.3 Å². The fourth-order valence-electron chi connectivity index (χ4n) is 5.70. The van der Waals surface area contributed by atoms with E-state index in [4.69, 9.17) is 5.10 Å². The number of amides is 2. The van der Waals surface area contributed by atoms with Crippen molar-refractivity contribution in [1.29, 1.82) is 0 Å². The third kappa shape index (κ3) is 4.91. The zero-order chi connectivity index (χ0) is 27.9. The molecule has 41 heavy (non-hydrogen) atoms. The predicted molar refractivity (Wildman–Crippen MR) is 156 cm³/mol. The first kappa shape index (κ1) is 25.3. The van der Waals surface area contributed by atoms with Gasteiger partial charge in [0.1, 0.15) is 6.54 Å². The molecule has 0 saturated carbocycles. The zero-order valence-corrected chi connectivity index (χ0v) is 22.9. The lowest BCUT2D eigenvalue weighted by molar-refractivity contribution is -0.132. The molecular weight excluding hydrogens is 516 g/mol. The Morgan fingerprint density at radius 1 is 0.927 bits per heavy atom. The second kappa shape index (κ2) is 10.4. The molecule has 206 valence electrons. The van der Waals surface area contributed by atoms with Gasteiger partial charge in [-0.3, -0.25) is 14.6 Å². The molecule has 1 saturated heterocycles. The Hall–Kier alpha value is -4.70. The minimum Gasteiger partial charge on any atom is -0.339 e.